The molecule has 0 bridgehead atoms. The van der Waals surface area contributed by atoms with Gasteiger partial charge in [-0.25, -0.2) is 4.98 Å². The van der Waals surface area contributed by atoms with Crippen molar-refractivity contribution in [2.45, 2.75) is 45.8 Å². The maximum atomic E-state index is 5.96. The minimum absolute atomic E-state index is 0.371. The molecular weight excluding hydrogens is 285 g/mol. The van der Waals surface area contributed by atoms with Crippen LogP contribution in [0.1, 0.15) is 32.7 Å². The molecule has 3 rings (SSSR count). The maximum Gasteiger partial charge on any atom is 0.516 e. The van der Waals surface area contributed by atoms with E-state index in [9.17, 15) is 0 Å². The summed E-state index contributed by atoms with van der Waals surface area (Å²) < 4.78 is 11.9. The van der Waals surface area contributed by atoms with Crippen LogP contribution in [0.2, 0.25) is 0 Å². The van der Waals surface area contributed by atoms with Crippen molar-refractivity contribution in [3.05, 3.63) is 22.8 Å². The molecule has 0 amide bonds. The van der Waals surface area contributed by atoms with Crippen LogP contribution < -0.4 is 5.59 Å². The fraction of sp³-hybridized carbons (Fsp3) is 0.500. The molecule has 7 heteroatoms. The van der Waals surface area contributed by atoms with Crippen molar-refractivity contribution in [1.29, 1.82) is 0 Å². The first-order chi connectivity index (χ1) is 9.78. The SMILES string of the molecule is Cc1nc(-c2cnc(B3OC(C)(C)C(C)(C)O3)cn2)cs1. The molecule has 3 heterocycles. The van der Waals surface area contributed by atoms with E-state index in [1.54, 1.807) is 23.7 Å². The zero-order valence-corrected chi connectivity index (χ0v) is 13.7. The zero-order valence-electron chi connectivity index (χ0n) is 12.9. The van der Waals surface area contributed by atoms with E-state index in [1.165, 1.54) is 0 Å². The second-order valence-electron chi connectivity index (χ2n) is 6.17. The summed E-state index contributed by atoms with van der Waals surface area (Å²) in [5, 5.41) is 3.00. The van der Waals surface area contributed by atoms with Gasteiger partial charge in [-0.3, -0.25) is 9.97 Å². The van der Waals surface area contributed by atoms with Gasteiger partial charge in [-0.2, -0.15) is 0 Å². The van der Waals surface area contributed by atoms with Crippen molar-refractivity contribution >= 4 is 24.0 Å². The Morgan fingerprint density at radius 2 is 1.67 bits per heavy atom. The topological polar surface area (TPSA) is 57.1 Å². The molecule has 0 spiro atoms. The molecule has 1 aliphatic heterocycles. The molecular formula is C14H18BN3O2S. The van der Waals surface area contributed by atoms with E-state index >= 15 is 0 Å². The van der Waals surface area contributed by atoms with Crippen molar-refractivity contribution in [1.82, 2.24) is 15.0 Å². The van der Waals surface area contributed by atoms with Gasteiger partial charge in [-0.05, 0) is 34.6 Å². The Hall–Kier alpha value is -1.31. The highest BCUT2D eigenvalue weighted by Crippen LogP contribution is 2.36. The van der Waals surface area contributed by atoms with Crippen molar-refractivity contribution in [3.8, 4) is 11.4 Å². The van der Waals surface area contributed by atoms with E-state index in [0.717, 1.165) is 16.4 Å². The largest absolute Gasteiger partial charge is 0.516 e. The van der Waals surface area contributed by atoms with Crippen LogP contribution in [0.5, 0.6) is 0 Å². The molecule has 0 aliphatic carbocycles. The van der Waals surface area contributed by atoms with Crippen LogP contribution >= 0.6 is 11.3 Å². The molecule has 0 atom stereocenters. The third-order valence-corrected chi connectivity index (χ3v) is 4.82. The first-order valence-corrected chi connectivity index (χ1v) is 7.76. The molecule has 2 aromatic heterocycles. The van der Waals surface area contributed by atoms with Gasteiger partial charge in [0, 0.05) is 11.6 Å². The van der Waals surface area contributed by atoms with Gasteiger partial charge in [0.2, 0.25) is 0 Å². The van der Waals surface area contributed by atoms with Crippen LogP contribution in [0.3, 0.4) is 0 Å². The molecule has 0 saturated carbocycles. The highest BCUT2D eigenvalue weighted by atomic mass is 32.1. The van der Waals surface area contributed by atoms with Crippen LogP contribution in [-0.2, 0) is 9.31 Å². The fourth-order valence-corrected chi connectivity index (χ4v) is 2.64. The second-order valence-corrected chi connectivity index (χ2v) is 7.23. The average molecular weight is 303 g/mol. The number of aryl methyl sites for hydroxylation is 1. The highest BCUT2D eigenvalue weighted by molar-refractivity contribution is 7.09. The van der Waals surface area contributed by atoms with E-state index in [2.05, 4.69) is 15.0 Å². The summed E-state index contributed by atoms with van der Waals surface area (Å²) in [5.74, 6) is 0. The third kappa shape index (κ3) is 2.61. The number of nitrogens with zero attached hydrogens (tertiary/aromatic N) is 3. The van der Waals surface area contributed by atoms with Crippen LogP contribution in [0, 0.1) is 6.92 Å². The lowest BCUT2D eigenvalue weighted by Crippen LogP contribution is -2.41. The van der Waals surface area contributed by atoms with Crippen LogP contribution in [0.4, 0.5) is 0 Å². The number of hydrogen-bond acceptors (Lipinski definition) is 6. The van der Waals surface area contributed by atoms with Crippen LogP contribution in [-0.4, -0.2) is 33.3 Å². The number of hydrogen-bond donors (Lipinski definition) is 0. The summed E-state index contributed by atoms with van der Waals surface area (Å²) in [4.78, 5) is 13.3. The molecule has 2 aromatic rings. The molecule has 0 aromatic carbocycles. The Kier molecular flexibility index (Phi) is 3.39. The van der Waals surface area contributed by atoms with Gasteiger partial charge in [-0.15, -0.1) is 11.3 Å². The van der Waals surface area contributed by atoms with Gasteiger partial charge in [-0.1, -0.05) is 0 Å². The van der Waals surface area contributed by atoms with Gasteiger partial charge in [0.05, 0.1) is 28.0 Å². The van der Waals surface area contributed by atoms with Gasteiger partial charge >= 0.3 is 7.12 Å². The van der Waals surface area contributed by atoms with E-state index in [4.69, 9.17) is 9.31 Å². The lowest BCUT2D eigenvalue weighted by Gasteiger charge is -2.32. The van der Waals surface area contributed by atoms with E-state index in [0.29, 0.717) is 5.59 Å². The Morgan fingerprint density at radius 3 is 2.14 bits per heavy atom. The predicted molar refractivity (Wildman–Crippen MR) is 83.6 cm³/mol. The minimum Gasteiger partial charge on any atom is -0.398 e. The standard InChI is InChI=1S/C14H18BN3O2S/c1-9-18-11(8-21-9)10-6-17-12(7-16-10)15-19-13(2,3)14(4,5)20-15/h6-8H,1-5H3. The second kappa shape index (κ2) is 4.86. The predicted octanol–water partition coefficient (Wildman–Crippen LogP) is 2.21. The summed E-state index contributed by atoms with van der Waals surface area (Å²) in [6.45, 7) is 10.1. The Labute approximate surface area is 128 Å². The van der Waals surface area contributed by atoms with E-state index < -0.39 is 7.12 Å². The van der Waals surface area contributed by atoms with Crippen molar-refractivity contribution in [2.75, 3.05) is 0 Å². The summed E-state index contributed by atoms with van der Waals surface area (Å²) in [6, 6.07) is 0. The maximum absolute atomic E-state index is 5.96. The Morgan fingerprint density at radius 1 is 1.00 bits per heavy atom. The lowest BCUT2D eigenvalue weighted by molar-refractivity contribution is 0.00578. The Balaban J connectivity index is 1.83. The highest BCUT2D eigenvalue weighted by Gasteiger charge is 2.52. The minimum atomic E-state index is -0.478. The molecule has 110 valence electrons. The summed E-state index contributed by atoms with van der Waals surface area (Å²) in [7, 11) is -0.478. The molecule has 1 fully saturated rings. The van der Waals surface area contributed by atoms with E-state index in [-0.39, 0.29) is 11.2 Å². The van der Waals surface area contributed by atoms with Crippen LogP contribution in [0.25, 0.3) is 11.4 Å². The van der Waals surface area contributed by atoms with Crippen molar-refractivity contribution < 1.29 is 9.31 Å². The molecule has 21 heavy (non-hydrogen) atoms. The zero-order chi connectivity index (χ0) is 15.3. The summed E-state index contributed by atoms with van der Waals surface area (Å²) in [6.07, 6.45) is 3.42. The van der Waals surface area contributed by atoms with E-state index in [1.807, 2.05) is 40.0 Å². The molecule has 5 nitrogen and oxygen atoms in total. The average Bonchev–Trinajstić information content (AvgIpc) is 2.92. The first kappa shape index (κ1) is 14.6. The summed E-state index contributed by atoms with van der Waals surface area (Å²) in [5.41, 5.74) is 1.56. The molecule has 0 unspecified atom stereocenters. The van der Waals surface area contributed by atoms with Gasteiger partial charge < -0.3 is 9.31 Å². The fourth-order valence-electron chi connectivity index (χ4n) is 2.04. The van der Waals surface area contributed by atoms with Gasteiger partial charge in [0.15, 0.2) is 0 Å². The normalized spacial score (nSPS) is 20.0. The Bertz CT molecular complexity index is 638. The number of rotatable bonds is 2. The van der Waals surface area contributed by atoms with Gasteiger partial charge in [0.1, 0.15) is 11.4 Å². The van der Waals surface area contributed by atoms with Gasteiger partial charge in [0.25, 0.3) is 0 Å². The van der Waals surface area contributed by atoms with Crippen molar-refractivity contribution in [3.63, 3.8) is 0 Å². The van der Waals surface area contributed by atoms with Crippen LogP contribution in [0.15, 0.2) is 17.8 Å². The van der Waals surface area contributed by atoms with Crippen molar-refractivity contribution in [2.24, 2.45) is 0 Å². The molecule has 0 N–H and O–H groups in total. The lowest BCUT2D eigenvalue weighted by atomic mass is 9.85. The third-order valence-electron chi connectivity index (χ3n) is 4.05. The number of thiazole rings is 1. The monoisotopic (exact) mass is 303 g/mol. The smallest absolute Gasteiger partial charge is 0.398 e. The first-order valence-electron chi connectivity index (χ1n) is 6.89. The summed E-state index contributed by atoms with van der Waals surface area (Å²) >= 11 is 1.60. The number of aromatic nitrogens is 3. The molecule has 0 radical (unpaired) electrons. The molecule has 1 saturated heterocycles. The quantitative estimate of drug-likeness (QED) is 0.796. The molecule has 1 aliphatic rings.